The molecular formula is C20H31O2. The molecule has 0 N–H and O–H groups in total. The van der Waals surface area contributed by atoms with Crippen LogP contribution in [-0.4, -0.2) is 12.1 Å². The highest BCUT2D eigenvalue weighted by Gasteiger charge is 2.42. The summed E-state index contributed by atoms with van der Waals surface area (Å²) in [5, 5.41) is 0. The zero-order valence-corrected chi connectivity index (χ0v) is 14.9. The number of hydrogen-bond acceptors (Lipinski definition) is 2. The molecule has 0 saturated heterocycles. The molecule has 0 heterocycles. The standard InChI is InChI=1S/C20H31O2/c1-7-16-14(4)9-10-15-11-13(3)12-17(18(15)16)22-19(21)20(5,6)8-2/h7,9-11,13-14,16-18H,8,12H2,1-6H3. The summed E-state index contributed by atoms with van der Waals surface area (Å²) in [6, 6.07) is 0. The van der Waals surface area contributed by atoms with Crippen molar-refractivity contribution in [2.24, 2.45) is 29.1 Å². The molecule has 2 rings (SSSR count). The second kappa shape index (κ2) is 6.60. The van der Waals surface area contributed by atoms with Gasteiger partial charge in [0.25, 0.3) is 0 Å². The van der Waals surface area contributed by atoms with E-state index in [9.17, 15) is 4.79 Å². The van der Waals surface area contributed by atoms with Crippen LogP contribution in [0.15, 0.2) is 23.8 Å². The van der Waals surface area contributed by atoms with E-state index in [2.05, 4.69) is 45.4 Å². The minimum Gasteiger partial charge on any atom is -0.461 e. The van der Waals surface area contributed by atoms with Crippen molar-refractivity contribution < 1.29 is 9.53 Å². The summed E-state index contributed by atoms with van der Waals surface area (Å²) in [5.41, 5.74) is 0.957. The van der Waals surface area contributed by atoms with Crippen LogP contribution in [0.25, 0.3) is 0 Å². The van der Waals surface area contributed by atoms with Gasteiger partial charge in [0, 0.05) is 5.92 Å². The monoisotopic (exact) mass is 303 g/mol. The van der Waals surface area contributed by atoms with Gasteiger partial charge in [0.1, 0.15) is 6.10 Å². The Kier molecular flexibility index (Phi) is 5.19. The average molecular weight is 303 g/mol. The van der Waals surface area contributed by atoms with E-state index in [0.29, 0.717) is 23.7 Å². The van der Waals surface area contributed by atoms with Crippen LogP contribution in [0.4, 0.5) is 0 Å². The summed E-state index contributed by atoms with van der Waals surface area (Å²) in [7, 11) is 0. The molecule has 5 atom stereocenters. The molecule has 2 heteroatoms. The number of carbonyl (C=O) groups excluding carboxylic acids is 1. The molecule has 0 aromatic rings. The number of rotatable bonds is 4. The number of hydrogen-bond donors (Lipinski definition) is 0. The third kappa shape index (κ3) is 3.31. The van der Waals surface area contributed by atoms with Gasteiger partial charge in [-0.25, -0.2) is 0 Å². The fraction of sp³-hybridized carbons (Fsp3) is 0.700. The first-order chi connectivity index (χ1) is 10.3. The van der Waals surface area contributed by atoms with Crippen molar-refractivity contribution in [1.29, 1.82) is 0 Å². The van der Waals surface area contributed by atoms with E-state index in [-0.39, 0.29) is 12.1 Å². The van der Waals surface area contributed by atoms with Crippen molar-refractivity contribution in [3.8, 4) is 0 Å². The fourth-order valence-electron chi connectivity index (χ4n) is 3.66. The van der Waals surface area contributed by atoms with Gasteiger partial charge in [0.2, 0.25) is 0 Å². The van der Waals surface area contributed by atoms with E-state index in [1.807, 2.05) is 20.8 Å². The molecule has 0 amide bonds. The molecule has 2 aliphatic carbocycles. The maximum absolute atomic E-state index is 12.6. The molecule has 1 radical (unpaired) electrons. The quantitative estimate of drug-likeness (QED) is 0.686. The second-order valence-electron chi connectivity index (χ2n) is 7.72. The first-order valence-corrected chi connectivity index (χ1v) is 8.70. The van der Waals surface area contributed by atoms with Gasteiger partial charge in [-0.2, -0.15) is 0 Å². The molecule has 0 spiro atoms. The molecule has 0 fully saturated rings. The van der Waals surface area contributed by atoms with Crippen molar-refractivity contribution in [1.82, 2.24) is 0 Å². The van der Waals surface area contributed by atoms with Crippen LogP contribution in [0.5, 0.6) is 0 Å². The zero-order valence-electron chi connectivity index (χ0n) is 14.9. The van der Waals surface area contributed by atoms with Gasteiger partial charge in [-0.15, -0.1) is 0 Å². The Morgan fingerprint density at radius 3 is 2.68 bits per heavy atom. The van der Waals surface area contributed by atoms with Gasteiger partial charge in [-0.05, 0) is 56.4 Å². The van der Waals surface area contributed by atoms with Crippen LogP contribution in [0.1, 0.15) is 54.4 Å². The number of ether oxygens (including phenoxy) is 1. The largest absolute Gasteiger partial charge is 0.461 e. The Bertz CT molecular complexity index is 472. The van der Waals surface area contributed by atoms with Crippen LogP contribution in [0.2, 0.25) is 0 Å². The maximum atomic E-state index is 12.6. The van der Waals surface area contributed by atoms with Crippen molar-refractivity contribution in [2.45, 2.75) is 60.5 Å². The molecule has 123 valence electrons. The molecule has 2 nitrogen and oxygen atoms in total. The SMILES string of the molecule is C[CH]C1C(C)C=CC2=CC(C)CC(OC(=O)C(C)(C)CC)C21. The number of carbonyl (C=O) groups is 1. The lowest BCUT2D eigenvalue weighted by Gasteiger charge is -2.43. The molecule has 22 heavy (non-hydrogen) atoms. The van der Waals surface area contributed by atoms with E-state index in [1.54, 1.807) is 0 Å². The molecule has 0 saturated carbocycles. The van der Waals surface area contributed by atoms with Gasteiger partial charge in [-0.1, -0.05) is 45.9 Å². The summed E-state index contributed by atoms with van der Waals surface area (Å²) in [4.78, 5) is 12.6. The highest BCUT2D eigenvalue weighted by Crippen LogP contribution is 2.44. The maximum Gasteiger partial charge on any atom is 0.311 e. The van der Waals surface area contributed by atoms with Crippen LogP contribution in [0.3, 0.4) is 0 Å². The normalized spacial score (nSPS) is 34.8. The third-order valence-electron chi connectivity index (χ3n) is 5.56. The average Bonchev–Trinajstić information content (AvgIpc) is 2.47. The first kappa shape index (κ1) is 17.3. The van der Waals surface area contributed by atoms with Gasteiger partial charge < -0.3 is 4.74 Å². The Morgan fingerprint density at radius 2 is 2.09 bits per heavy atom. The lowest BCUT2D eigenvalue weighted by molar-refractivity contribution is -0.164. The Labute approximate surface area is 136 Å². The molecular weight excluding hydrogens is 272 g/mol. The third-order valence-corrected chi connectivity index (χ3v) is 5.56. The van der Waals surface area contributed by atoms with Crippen molar-refractivity contribution in [2.75, 3.05) is 0 Å². The van der Waals surface area contributed by atoms with Crippen LogP contribution in [-0.2, 0) is 9.53 Å². The Hall–Kier alpha value is -1.05. The zero-order chi connectivity index (χ0) is 16.5. The molecule has 0 bridgehead atoms. The number of esters is 1. The Balaban J connectivity index is 2.26. The second-order valence-corrected chi connectivity index (χ2v) is 7.72. The Morgan fingerprint density at radius 1 is 1.41 bits per heavy atom. The summed E-state index contributed by atoms with van der Waals surface area (Å²) in [5.74, 6) is 1.68. The highest BCUT2D eigenvalue weighted by molar-refractivity contribution is 5.76. The van der Waals surface area contributed by atoms with Crippen molar-refractivity contribution in [3.63, 3.8) is 0 Å². The number of fused-ring (bicyclic) bond motifs is 1. The highest BCUT2D eigenvalue weighted by atomic mass is 16.5. The van der Waals surface area contributed by atoms with E-state index >= 15 is 0 Å². The van der Waals surface area contributed by atoms with Crippen molar-refractivity contribution in [3.05, 3.63) is 30.2 Å². The summed E-state index contributed by atoms with van der Waals surface area (Å²) >= 11 is 0. The lowest BCUT2D eigenvalue weighted by atomic mass is 9.66. The smallest absolute Gasteiger partial charge is 0.311 e. The van der Waals surface area contributed by atoms with Gasteiger partial charge in [0.15, 0.2) is 0 Å². The van der Waals surface area contributed by atoms with E-state index in [1.165, 1.54) is 5.57 Å². The lowest BCUT2D eigenvalue weighted by Crippen LogP contribution is -2.42. The molecule has 5 unspecified atom stereocenters. The molecule has 0 aliphatic heterocycles. The van der Waals surface area contributed by atoms with Crippen LogP contribution in [0, 0.1) is 35.5 Å². The topological polar surface area (TPSA) is 26.3 Å². The molecule has 0 aromatic heterocycles. The first-order valence-electron chi connectivity index (χ1n) is 8.70. The van der Waals surface area contributed by atoms with Crippen molar-refractivity contribution >= 4 is 5.97 Å². The predicted octanol–water partition coefficient (Wildman–Crippen LogP) is 4.96. The van der Waals surface area contributed by atoms with Gasteiger partial charge in [-0.3, -0.25) is 4.79 Å². The number of allylic oxidation sites excluding steroid dienone is 3. The van der Waals surface area contributed by atoms with E-state index < -0.39 is 5.41 Å². The molecule has 0 aromatic carbocycles. The van der Waals surface area contributed by atoms with Crippen LogP contribution < -0.4 is 0 Å². The summed E-state index contributed by atoms with van der Waals surface area (Å²) in [6.45, 7) is 12.6. The summed E-state index contributed by atoms with van der Waals surface area (Å²) in [6.07, 6.45) is 10.9. The van der Waals surface area contributed by atoms with E-state index in [4.69, 9.17) is 4.74 Å². The summed E-state index contributed by atoms with van der Waals surface area (Å²) < 4.78 is 6.03. The van der Waals surface area contributed by atoms with Crippen LogP contribution >= 0.6 is 0 Å². The van der Waals surface area contributed by atoms with Gasteiger partial charge in [0.05, 0.1) is 5.41 Å². The minimum absolute atomic E-state index is 0.00178. The van der Waals surface area contributed by atoms with E-state index in [0.717, 1.165) is 12.8 Å². The van der Waals surface area contributed by atoms with Gasteiger partial charge >= 0.3 is 5.97 Å². The minimum atomic E-state index is -0.397. The molecule has 2 aliphatic rings. The fourth-order valence-corrected chi connectivity index (χ4v) is 3.66. The predicted molar refractivity (Wildman–Crippen MR) is 91.1 cm³/mol.